The van der Waals surface area contributed by atoms with Gasteiger partial charge >= 0.3 is 0 Å². The first kappa shape index (κ1) is 22.9. The van der Waals surface area contributed by atoms with Crippen molar-refractivity contribution in [1.82, 2.24) is 10.6 Å². The summed E-state index contributed by atoms with van der Waals surface area (Å²) in [7, 11) is -2.91. The maximum Gasteiger partial charge on any atom is 0.191 e. The molecule has 0 saturated heterocycles. The minimum absolute atomic E-state index is 0. The van der Waals surface area contributed by atoms with Gasteiger partial charge in [-0.15, -0.1) is 24.0 Å². The van der Waals surface area contributed by atoms with Crippen LogP contribution in [0.4, 0.5) is 0 Å². The number of hydrogen-bond acceptors (Lipinski definition) is 3. The molecule has 0 amide bonds. The van der Waals surface area contributed by atoms with Crippen molar-refractivity contribution in [3.8, 4) is 0 Å². The third-order valence-electron chi connectivity index (χ3n) is 4.11. The minimum Gasteiger partial charge on any atom is -0.357 e. The van der Waals surface area contributed by atoms with Crippen molar-refractivity contribution < 1.29 is 8.42 Å². The summed E-state index contributed by atoms with van der Waals surface area (Å²) >= 11 is 0. The number of sulfone groups is 1. The molecular formula is C16H34IN3O2S. The highest BCUT2D eigenvalue weighted by atomic mass is 127. The van der Waals surface area contributed by atoms with Crippen molar-refractivity contribution in [2.75, 3.05) is 25.1 Å². The summed E-state index contributed by atoms with van der Waals surface area (Å²) in [6, 6.07) is 0.519. The number of nitrogens with one attached hydrogen (secondary N) is 2. The molecule has 0 unspecified atom stereocenters. The number of hydrogen-bond donors (Lipinski definition) is 2. The summed E-state index contributed by atoms with van der Waals surface area (Å²) < 4.78 is 22.6. The SMILES string of the molecule is CCNC(=NCC(C)(C)CCS(C)(=O)=O)NC1CCCCC1.I. The summed E-state index contributed by atoms with van der Waals surface area (Å²) in [5.74, 6) is 1.09. The maximum absolute atomic E-state index is 11.3. The third kappa shape index (κ3) is 11.2. The summed E-state index contributed by atoms with van der Waals surface area (Å²) in [5.41, 5.74) is -0.113. The van der Waals surface area contributed by atoms with Gasteiger partial charge in [0.15, 0.2) is 5.96 Å². The van der Waals surface area contributed by atoms with Gasteiger partial charge in [-0.1, -0.05) is 33.1 Å². The molecule has 1 saturated carbocycles. The number of rotatable bonds is 7. The Morgan fingerprint density at radius 1 is 1.22 bits per heavy atom. The van der Waals surface area contributed by atoms with Crippen LogP contribution in [-0.4, -0.2) is 45.5 Å². The second kappa shape index (κ2) is 10.7. The summed E-state index contributed by atoms with van der Waals surface area (Å²) in [5, 5.41) is 6.82. The van der Waals surface area contributed by atoms with E-state index in [2.05, 4.69) is 36.4 Å². The molecule has 138 valence electrons. The molecule has 1 aliphatic rings. The van der Waals surface area contributed by atoms with Crippen molar-refractivity contribution in [1.29, 1.82) is 0 Å². The van der Waals surface area contributed by atoms with Crippen LogP contribution in [0.2, 0.25) is 0 Å². The lowest BCUT2D eigenvalue weighted by Gasteiger charge is -2.26. The molecule has 0 aliphatic heterocycles. The molecule has 0 radical (unpaired) electrons. The largest absolute Gasteiger partial charge is 0.357 e. The van der Waals surface area contributed by atoms with Gasteiger partial charge in [0.1, 0.15) is 9.84 Å². The fraction of sp³-hybridized carbons (Fsp3) is 0.938. The van der Waals surface area contributed by atoms with Crippen LogP contribution >= 0.6 is 24.0 Å². The molecule has 0 atom stereocenters. The first-order valence-electron chi connectivity index (χ1n) is 8.44. The van der Waals surface area contributed by atoms with E-state index >= 15 is 0 Å². The molecule has 0 aromatic rings. The van der Waals surface area contributed by atoms with Crippen LogP contribution in [0.3, 0.4) is 0 Å². The van der Waals surface area contributed by atoms with Crippen LogP contribution in [0.5, 0.6) is 0 Å². The lowest BCUT2D eigenvalue weighted by Crippen LogP contribution is -2.44. The van der Waals surface area contributed by atoms with E-state index in [1.807, 2.05) is 0 Å². The first-order valence-corrected chi connectivity index (χ1v) is 10.5. The second-order valence-electron chi connectivity index (χ2n) is 7.22. The van der Waals surface area contributed by atoms with E-state index in [1.165, 1.54) is 38.4 Å². The van der Waals surface area contributed by atoms with E-state index in [4.69, 9.17) is 0 Å². The molecule has 1 rings (SSSR count). The first-order chi connectivity index (χ1) is 10.2. The zero-order valence-electron chi connectivity index (χ0n) is 15.0. The molecule has 0 spiro atoms. The molecular weight excluding hydrogens is 425 g/mol. The molecule has 0 bridgehead atoms. The van der Waals surface area contributed by atoms with E-state index in [0.29, 0.717) is 19.0 Å². The van der Waals surface area contributed by atoms with Crippen LogP contribution in [0.25, 0.3) is 0 Å². The molecule has 0 aromatic heterocycles. The number of halogens is 1. The molecule has 1 aliphatic carbocycles. The Kier molecular flexibility index (Phi) is 10.7. The summed E-state index contributed by atoms with van der Waals surface area (Å²) in [6.07, 6.45) is 8.27. The van der Waals surface area contributed by atoms with E-state index < -0.39 is 9.84 Å². The van der Waals surface area contributed by atoms with Crippen molar-refractivity contribution in [3.05, 3.63) is 0 Å². The zero-order valence-corrected chi connectivity index (χ0v) is 18.2. The van der Waals surface area contributed by atoms with Gasteiger partial charge in [-0.25, -0.2) is 8.42 Å². The summed E-state index contributed by atoms with van der Waals surface area (Å²) in [4.78, 5) is 4.68. The highest BCUT2D eigenvalue weighted by molar-refractivity contribution is 14.0. The molecule has 1 fully saturated rings. The Bertz CT molecular complexity index is 458. The van der Waals surface area contributed by atoms with Crippen molar-refractivity contribution >= 4 is 39.8 Å². The molecule has 2 N–H and O–H groups in total. The fourth-order valence-corrected chi connectivity index (χ4v) is 3.52. The van der Waals surface area contributed by atoms with Crippen LogP contribution in [-0.2, 0) is 9.84 Å². The Morgan fingerprint density at radius 2 is 1.83 bits per heavy atom. The fourth-order valence-electron chi connectivity index (χ4n) is 2.59. The van der Waals surface area contributed by atoms with Gasteiger partial charge in [0.2, 0.25) is 0 Å². The van der Waals surface area contributed by atoms with Crippen molar-refractivity contribution in [2.24, 2.45) is 10.4 Å². The average Bonchev–Trinajstić information content (AvgIpc) is 2.44. The van der Waals surface area contributed by atoms with E-state index in [1.54, 1.807) is 0 Å². The second-order valence-corrected chi connectivity index (χ2v) is 9.48. The van der Waals surface area contributed by atoms with Crippen molar-refractivity contribution in [2.45, 2.75) is 65.3 Å². The van der Waals surface area contributed by atoms with Gasteiger partial charge in [-0.05, 0) is 31.6 Å². The Morgan fingerprint density at radius 3 is 2.35 bits per heavy atom. The highest BCUT2D eigenvalue weighted by Gasteiger charge is 2.21. The Labute approximate surface area is 159 Å². The predicted molar refractivity (Wildman–Crippen MR) is 110 cm³/mol. The van der Waals surface area contributed by atoms with E-state index in [0.717, 1.165) is 12.5 Å². The smallest absolute Gasteiger partial charge is 0.191 e. The number of nitrogens with zero attached hydrogens (tertiary/aromatic N) is 1. The Hall–Kier alpha value is -0.0500. The molecule has 7 heteroatoms. The Balaban J connectivity index is 0.00000484. The average molecular weight is 459 g/mol. The topological polar surface area (TPSA) is 70.6 Å². The zero-order chi connectivity index (χ0) is 16.6. The third-order valence-corrected chi connectivity index (χ3v) is 5.05. The quantitative estimate of drug-likeness (QED) is 0.349. The van der Waals surface area contributed by atoms with Gasteiger partial charge in [0.05, 0.1) is 5.75 Å². The monoisotopic (exact) mass is 459 g/mol. The maximum atomic E-state index is 11.3. The molecule has 5 nitrogen and oxygen atoms in total. The van der Waals surface area contributed by atoms with Gasteiger partial charge < -0.3 is 10.6 Å². The molecule has 23 heavy (non-hydrogen) atoms. The lowest BCUT2D eigenvalue weighted by molar-refractivity contribution is 0.363. The predicted octanol–water partition coefficient (Wildman–Crippen LogP) is 2.95. The van der Waals surface area contributed by atoms with Crippen LogP contribution in [0.1, 0.15) is 59.3 Å². The normalized spacial score (nSPS) is 17.5. The number of guanidine groups is 1. The lowest BCUT2D eigenvalue weighted by atomic mass is 9.90. The standard InChI is InChI=1S/C16H33N3O2S.HI/c1-5-17-15(19-14-9-7-6-8-10-14)18-13-16(2,3)11-12-22(4,20)21;/h14H,5-13H2,1-4H3,(H2,17,18,19);1H. The van der Waals surface area contributed by atoms with Crippen molar-refractivity contribution in [3.63, 3.8) is 0 Å². The highest BCUT2D eigenvalue weighted by Crippen LogP contribution is 2.22. The van der Waals surface area contributed by atoms with Crippen LogP contribution < -0.4 is 10.6 Å². The van der Waals surface area contributed by atoms with Gasteiger partial charge in [-0.2, -0.15) is 0 Å². The summed E-state index contributed by atoms with van der Waals surface area (Å²) in [6.45, 7) is 7.68. The van der Waals surface area contributed by atoms with Gasteiger partial charge in [0, 0.05) is 25.4 Å². The van der Waals surface area contributed by atoms with E-state index in [9.17, 15) is 8.42 Å². The van der Waals surface area contributed by atoms with Crippen LogP contribution in [0.15, 0.2) is 4.99 Å². The molecule has 0 aromatic carbocycles. The number of aliphatic imine (C=N–C) groups is 1. The van der Waals surface area contributed by atoms with Gasteiger partial charge in [-0.3, -0.25) is 4.99 Å². The molecule has 0 heterocycles. The van der Waals surface area contributed by atoms with Gasteiger partial charge in [0.25, 0.3) is 0 Å². The minimum atomic E-state index is -2.91. The van der Waals surface area contributed by atoms with E-state index in [-0.39, 0.29) is 35.1 Å². The van der Waals surface area contributed by atoms with Crippen LogP contribution in [0, 0.1) is 5.41 Å².